The number of amides is 1. The van der Waals surface area contributed by atoms with E-state index in [1.165, 1.54) is 6.92 Å². The zero-order valence-corrected chi connectivity index (χ0v) is 22.8. The Morgan fingerprint density at radius 1 is 1.20 bits per heavy atom. The van der Waals surface area contributed by atoms with Crippen molar-refractivity contribution in [2.24, 2.45) is 0 Å². The first-order valence-electron chi connectivity index (χ1n) is 11.6. The van der Waals surface area contributed by atoms with E-state index in [1.54, 1.807) is 0 Å². The molecular weight excluding hydrogens is 602 g/mol. The highest BCUT2D eigenvalue weighted by Gasteiger charge is 2.49. The molecule has 23 heteroatoms. The third-order valence-electron chi connectivity index (χ3n) is 5.94. The number of hydrogen-bond donors (Lipinski definition) is 8. The number of phosphoric ester groups is 2. The summed E-state index contributed by atoms with van der Waals surface area (Å²) < 4.78 is 50.2. The number of nitrogens with zero attached hydrogens (tertiary/aromatic N) is 3. The molecule has 0 saturated carbocycles. The van der Waals surface area contributed by atoms with Crippen molar-refractivity contribution in [1.29, 1.82) is 0 Å². The molecule has 2 unspecified atom stereocenters. The molecule has 0 spiro atoms. The number of phosphoric acid groups is 2. The standard InChI is InChI=1S/C18H26N6O15P2/c1-5-10(26)12(28)8(21-6(2)25)17(36-5)38-41(33,34)39-40(31,32)35-3-7-11(27)13(29)16(37-7)24-4-20-9-14(24)22-18(19)23-15(9)30/h4-5,7-8,11-13,16-17,27-29H,3H2,1-2H3,(H,21,25)(H,31,32)(H,33,34)(H3,19,22,23,30)/t5-,7-,8-,11-,12-,13-,16-,17-/m1/s1. The molecule has 2 aliphatic rings. The number of aliphatic hydroxyl groups is 3. The van der Waals surface area contributed by atoms with Crippen LogP contribution in [0.3, 0.4) is 0 Å². The Morgan fingerprint density at radius 2 is 1.88 bits per heavy atom. The number of carbonyl (C=O) groups is 2. The Kier molecular flexibility index (Phi) is 8.82. The lowest BCUT2D eigenvalue weighted by molar-refractivity contribution is -0.197. The molecule has 2 aromatic rings. The number of nitrogen functional groups attached to an aromatic ring is 1. The van der Waals surface area contributed by atoms with Gasteiger partial charge in [-0.1, -0.05) is 0 Å². The maximum Gasteiger partial charge on any atom is 0.483 e. The molecule has 0 radical (unpaired) electrons. The van der Waals surface area contributed by atoms with Crippen molar-refractivity contribution >= 4 is 44.4 Å². The topological polar surface area (TPSA) is 317 Å². The van der Waals surface area contributed by atoms with Crippen LogP contribution in [0.25, 0.3) is 11.2 Å². The van der Waals surface area contributed by atoms with Gasteiger partial charge in [0.25, 0.3) is 5.56 Å². The predicted molar refractivity (Wildman–Crippen MR) is 129 cm³/mol. The Bertz CT molecular complexity index is 1480. The van der Waals surface area contributed by atoms with Gasteiger partial charge >= 0.3 is 15.6 Å². The van der Waals surface area contributed by atoms with Gasteiger partial charge < -0.3 is 45.6 Å². The van der Waals surface area contributed by atoms with Crippen LogP contribution in [0.5, 0.6) is 0 Å². The number of ketones is 1. The molecule has 228 valence electrons. The van der Waals surface area contributed by atoms with E-state index in [4.69, 9.17) is 19.7 Å². The summed E-state index contributed by atoms with van der Waals surface area (Å²) in [6, 6.07) is -1.68. The predicted octanol–water partition coefficient (Wildman–Crippen LogP) is -3.25. The number of aromatic amines is 1. The third-order valence-corrected chi connectivity index (χ3v) is 8.54. The first kappa shape index (κ1) is 31.3. The summed E-state index contributed by atoms with van der Waals surface area (Å²) >= 11 is 0. The second-order valence-electron chi connectivity index (χ2n) is 8.96. The summed E-state index contributed by atoms with van der Waals surface area (Å²) in [5.41, 5.74) is 4.57. The van der Waals surface area contributed by atoms with E-state index < -0.39 is 88.6 Å². The van der Waals surface area contributed by atoms with Crippen LogP contribution in [0.2, 0.25) is 0 Å². The lowest BCUT2D eigenvalue weighted by atomic mass is 9.99. The molecule has 10 atom stereocenters. The van der Waals surface area contributed by atoms with Gasteiger partial charge in [0.2, 0.25) is 11.9 Å². The van der Waals surface area contributed by atoms with Gasteiger partial charge in [-0.05, 0) is 6.92 Å². The Morgan fingerprint density at radius 3 is 2.54 bits per heavy atom. The van der Waals surface area contributed by atoms with Crippen molar-refractivity contribution in [3.05, 3.63) is 16.7 Å². The Labute approximate surface area is 228 Å². The number of rotatable bonds is 9. The van der Waals surface area contributed by atoms with Crippen LogP contribution in [-0.4, -0.2) is 106 Å². The zero-order valence-electron chi connectivity index (χ0n) is 21.0. The van der Waals surface area contributed by atoms with Crippen molar-refractivity contribution in [1.82, 2.24) is 24.8 Å². The zero-order chi connectivity index (χ0) is 30.4. The van der Waals surface area contributed by atoms with Gasteiger partial charge in [-0.25, -0.2) is 14.1 Å². The van der Waals surface area contributed by atoms with Gasteiger partial charge in [0.15, 0.2) is 29.5 Å². The fourth-order valence-electron chi connectivity index (χ4n) is 4.09. The molecule has 41 heavy (non-hydrogen) atoms. The minimum absolute atomic E-state index is 0.109. The van der Waals surface area contributed by atoms with Gasteiger partial charge in [0.1, 0.15) is 36.6 Å². The second kappa shape index (κ2) is 11.6. The van der Waals surface area contributed by atoms with Crippen molar-refractivity contribution in [3.8, 4) is 0 Å². The van der Waals surface area contributed by atoms with Gasteiger partial charge in [0.05, 0.1) is 12.9 Å². The van der Waals surface area contributed by atoms with E-state index in [-0.39, 0.29) is 17.1 Å². The highest BCUT2D eigenvalue weighted by Crippen LogP contribution is 2.61. The number of ether oxygens (including phenoxy) is 2. The summed E-state index contributed by atoms with van der Waals surface area (Å²) in [5.74, 6) is -1.92. The van der Waals surface area contributed by atoms with Crippen molar-refractivity contribution in [3.63, 3.8) is 0 Å². The average Bonchev–Trinajstić information content (AvgIpc) is 3.39. The number of nitrogens with one attached hydrogen (secondary N) is 2. The summed E-state index contributed by atoms with van der Waals surface area (Å²) in [6.45, 7) is 1.21. The van der Waals surface area contributed by atoms with Crippen LogP contribution < -0.4 is 16.6 Å². The molecule has 0 bridgehead atoms. The van der Waals surface area contributed by atoms with Crippen molar-refractivity contribution < 1.29 is 66.7 Å². The first-order chi connectivity index (χ1) is 19.0. The minimum Gasteiger partial charge on any atom is -0.387 e. The Hall–Kier alpha value is -2.65. The maximum atomic E-state index is 12.5. The normalized spacial score (nSPS) is 33.4. The van der Waals surface area contributed by atoms with Crippen molar-refractivity contribution in [2.45, 2.75) is 62.9 Å². The quantitative estimate of drug-likeness (QED) is 0.126. The van der Waals surface area contributed by atoms with E-state index in [2.05, 4.69) is 29.1 Å². The molecule has 2 fully saturated rings. The molecule has 1 amide bonds. The number of aliphatic hydroxyl groups excluding tert-OH is 3. The molecular formula is C18H26N6O15P2. The largest absolute Gasteiger partial charge is 0.483 e. The van der Waals surface area contributed by atoms with E-state index in [0.29, 0.717) is 0 Å². The molecule has 0 aliphatic carbocycles. The van der Waals surface area contributed by atoms with Crippen molar-refractivity contribution in [2.75, 3.05) is 12.3 Å². The van der Waals surface area contributed by atoms with E-state index in [1.807, 2.05) is 0 Å². The molecule has 0 aromatic carbocycles. The number of Topliss-reactive ketones (excluding diaryl/α,β-unsaturated/α-hetero) is 1. The Balaban J connectivity index is 1.41. The molecule has 2 aliphatic heterocycles. The summed E-state index contributed by atoms with van der Waals surface area (Å²) in [5, 5.41) is 33.1. The number of aromatic nitrogens is 4. The third kappa shape index (κ3) is 6.72. The number of carbonyl (C=O) groups excluding carboxylic acids is 2. The van der Waals surface area contributed by atoms with Gasteiger partial charge in [-0.15, -0.1) is 0 Å². The molecule has 2 saturated heterocycles. The molecule has 21 nitrogen and oxygen atoms in total. The summed E-state index contributed by atoms with van der Waals surface area (Å²) in [7, 11) is -11.0. The highest BCUT2D eigenvalue weighted by molar-refractivity contribution is 7.61. The number of H-pyrrole nitrogens is 1. The average molecular weight is 628 g/mol. The SMILES string of the molecule is CC(=O)N[C@H]1[C@@H](OP(=O)(O)OP(=O)(O)OC[C@H]2O[C@@H](n3cnc4c(=O)[nH]c(N)nc43)[C@H](O)[C@@H]2O)O[C@H](C)C(=O)[C@@H]1O. The summed E-state index contributed by atoms with van der Waals surface area (Å²) in [6.07, 6.45) is -10.6. The maximum absolute atomic E-state index is 12.5. The van der Waals surface area contributed by atoms with Crippen LogP contribution >= 0.6 is 15.6 Å². The minimum atomic E-state index is -5.57. The molecule has 4 heterocycles. The van der Waals surface area contributed by atoms with E-state index in [0.717, 1.165) is 17.8 Å². The number of hydrogen-bond acceptors (Lipinski definition) is 16. The van der Waals surface area contributed by atoms with E-state index >= 15 is 0 Å². The number of imidazole rings is 1. The van der Waals surface area contributed by atoms with Crippen LogP contribution in [0.15, 0.2) is 11.1 Å². The number of nitrogens with two attached hydrogens (primary N) is 1. The highest BCUT2D eigenvalue weighted by atomic mass is 31.3. The second-order valence-corrected chi connectivity index (χ2v) is 12.0. The fraction of sp³-hybridized carbons (Fsp3) is 0.611. The number of fused-ring (bicyclic) bond motifs is 1. The van der Waals surface area contributed by atoms with Crippen LogP contribution in [-0.2, 0) is 41.6 Å². The van der Waals surface area contributed by atoms with E-state index in [9.17, 15) is 48.6 Å². The van der Waals surface area contributed by atoms with Crippen LogP contribution in [0.1, 0.15) is 20.1 Å². The lowest BCUT2D eigenvalue weighted by Crippen LogP contribution is -2.61. The fourth-order valence-corrected chi connectivity index (χ4v) is 6.25. The van der Waals surface area contributed by atoms with Gasteiger partial charge in [-0.3, -0.25) is 33.0 Å². The smallest absolute Gasteiger partial charge is 0.387 e. The van der Waals surface area contributed by atoms with Gasteiger partial charge in [-0.2, -0.15) is 9.29 Å². The first-order valence-corrected chi connectivity index (χ1v) is 14.6. The molecule has 4 rings (SSSR count). The lowest BCUT2D eigenvalue weighted by Gasteiger charge is -2.37. The molecule has 2 aromatic heterocycles. The van der Waals surface area contributed by atoms with Gasteiger partial charge in [0, 0.05) is 6.92 Å². The molecule has 9 N–H and O–H groups in total. The van der Waals surface area contributed by atoms with Crippen LogP contribution in [0, 0.1) is 0 Å². The van der Waals surface area contributed by atoms with Crippen LogP contribution in [0.4, 0.5) is 5.95 Å². The monoisotopic (exact) mass is 628 g/mol. The summed E-state index contributed by atoms with van der Waals surface area (Å²) in [4.78, 5) is 65.5. The number of anilines is 1.